The van der Waals surface area contributed by atoms with E-state index in [1.807, 2.05) is 13.8 Å². The molecular weight excluding hydrogens is 128 g/mol. The lowest BCUT2D eigenvalue weighted by Gasteiger charge is -2.09. The van der Waals surface area contributed by atoms with Gasteiger partial charge in [0.05, 0.1) is 12.2 Å². The molecule has 0 fully saturated rings. The largest absolute Gasteiger partial charge is 0.385 e. The van der Waals surface area contributed by atoms with Gasteiger partial charge in [0.25, 0.3) is 0 Å². The maximum Gasteiger partial charge on any atom is 0.0963 e. The van der Waals surface area contributed by atoms with E-state index in [4.69, 9.17) is 0 Å². The average Bonchev–Trinajstić information content (AvgIpc) is 2.11. The standard InChI is InChI=1S/C8H12O2/c1-5(2)8-6(9)3-4-7(8)10/h3-4,6-7,9-10H,1-2H3/t6-,7+. The molecule has 0 aromatic rings. The minimum absolute atomic E-state index is 0.569. The highest BCUT2D eigenvalue weighted by molar-refractivity contribution is 5.33. The summed E-state index contributed by atoms with van der Waals surface area (Å²) in [7, 11) is 0. The Labute approximate surface area is 60.5 Å². The molecule has 0 heterocycles. The van der Waals surface area contributed by atoms with Gasteiger partial charge < -0.3 is 10.2 Å². The van der Waals surface area contributed by atoms with Gasteiger partial charge in [-0.2, -0.15) is 0 Å². The zero-order valence-corrected chi connectivity index (χ0v) is 6.20. The van der Waals surface area contributed by atoms with Gasteiger partial charge in [-0.15, -0.1) is 0 Å². The lowest BCUT2D eigenvalue weighted by atomic mass is 10.1. The first-order valence-electron chi connectivity index (χ1n) is 3.34. The number of hydrogen-bond donors (Lipinski definition) is 2. The molecule has 0 radical (unpaired) electrons. The summed E-state index contributed by atoms with van der Waals surface area (Å²) >= 11 is 0. The first-order chi connectivity index (χ1) is 4.63. The number of rotatable bonds is 0. The third kappa shape index (κ3) is 1.13. The molecule has 10 heavy (non-hydrogen) atoms. The van der Waals surface area contributed by atoms with Crippen LogP contribution in [-0.2, 0) is 0 Å². The molecule has 0 saturated heterocycles. The van der Waals surface area contributed by atoms with Crippen LogP contribution in [-0.4, -0.2) is 22.4 Å². The Kier molecular flexibility index (Phi) is 1.92. The first kappa shape index (κ1) is 7.51. The van der Waals surface area contributed by atoms with Crippen LogP contribution < -0.4 is 0 Å². The second-order valence-electron chi connectivity index (χ2n) is 2.73. The van der Waals surface area contributed by atoms with Crippen molar-refractivity contribution in [3.05, 3.63) is 23.3 Å². The molecule has 0 aromatic heterocycles. The minimum atomic E-state index is -0.569. The second-order valence-corrected chi connectivity index (χ2v) is 2.73. The highest BCUT2D eigenvalue weighted by Gasteiger charge is 2.21. The van der Waals surface area contributed by atoms with Crippen LogP contribution in [0.25, 0.3) is 0 Å². The summed E-state index contributed by atoms with van der Waals surface area (Å²) < 4.78 is 0. The van der Waals surface area contributed by atoms with Gasteiger partial charge in [0.15, 0.2) is 0 Å². The van der Waals surface area contributed by atoms with Gasteiger partial charge in [-0.1, -0.05) is 17.7 Å². The van der Waals surface area contributed by atoms with Crippen molar-refractivity contribution in [3.8, 4) is 0 Å². The molecule has 1 aliphatic carbocycles. The molecule has 2 atom stereocenters. The first-order valence-corrected chi connectivity index (χ1v) is 3.34. The summed E-state index contributed by atoms with van der Waals surface area (Å²) in [5.41, 5.74) is 1.71. The monoisotopic (exact) mass is 140 g/mol. The van der Waals surface area contributed by atoms with Crippen molar-refractivity contribution >= 4 is 0 Å². The maximum absolute atomic E-state index is 9.23. The van der Waals surface area contributed by atoms with E-state index in [2.05, 4.69) is 0 Å². The molecule has 1 rings (SSSR count). The lowest BCUT2D eigenvalue weighted by molar-refractivity contribution is 0.210. The molecule has 1 aliphatic rings. The van der Waals surface area contributed by atoms with Crippen molar-refractivity contribution in [1.29, 1.82) is 0 Å². The number of aliphatic hydroxyl groups excluding tert-OH is 2. The van der Waals surface area contributed by atoms with E-state index in [0.29, 0.717) is 0 Å². The third-order valence-electron chi connectivity index (χ3n) is 1.69. The number of hydrogen-bond acceptors (Lipinski definition) is 2. The molecule has 0 aliphatic heterocycles. The van der Waals surface area contributed by atoms with Crippen LogP contribution in [0.3, 0.4) is 0 Å². The summed E-state index contributed by atoms with van der Waals surface area (Å²) in [4.78, 5) is 0. The molecule has 0 bridgehead atoms. The van der Waals surface area contributed by atoms with Gasteiger partial charge in [0, 0.05) is 0 Å². The van der Waals surface area contributed by atoms with E-state index in [1.165, 1.54) is 0 Å². The lowest BCUT2D eigenvalue weighted by Crippen LogP contribution is -2.12. The highest BCUT2D eigenvalue weighted by atomic mass is 16.3. The molecule has 2 heteroatoms. The number of allylic oxidation sites excluding steroid dienone is 1. The minimum Gasteiger partial charge on any atom is -0.385 e. The molecule has 0 aromatic carbocycles. The van der Waals surface area contributed by atoms with E-state index in [9.17, 15) is 10.2 Å². The molecular formula is C8H12O2. The van der Waals surface area contributed by atoms with Crippen LogP contribution in [0, 0.1) is 0 Å². The highest BCUT2D eigenvalue weighted by Crippen LogP contribution is 2.21. The zero-order chi connectivity index (χ0) is 7.72. The quantitative estimate of drug-likeness (QED) is 0.484. The van der Waals surface area contributed by atoms with Crippen molar-refractivity contribution in [2.75, 3.05) is 0 Å². The van der Waals surface area contributed by atoms with Crippen molar-refractivity contribution in [2.24, 2.45) is 0 Å². The zero-order valence-electron chi connectivity index (χ0n) is 6.20. The van der Waals surface area contributed by atoms with Gasteiger partial charge in [-0.05, 0) is 19.4 Å². The molecule has 2 nitrogen and oxygen atoms in total. The normalized spacial score (nSPS) is 31.4. The van der Waals surface area contributed by atoms with E-state index in [1.54, 1.807) is 12.2 Å². The fraction of sp³-hybridized carbons (Fsp3) is 0.500. The van der Waals surface area contributed by atoms with Crippen LogP contribution >= 0.6 is 0 Å². The average molecular weight is 140 g/mol. The van der Waals surface area contributed by atoms with Crippen molar-refractivity contribution in [2.45, 2.75) is 26.1 Å². The summed E-state index contributed by atoms with van der Waals surface area (Å²) in [5.74, 6) is 0. The Morgan fingerprint density at radius 1 is 1.20 bits per heavy atom. The SMILES string of the molecule is CC(C)=C1[C@H](O)C=C[C@@H]1O. The molecule has 0 saturated carbocycles. The summed E-state index contributed by atoms with van der Waals surface area (Å²) in [5, 5.41) is 18.5. The predicted octanol–water partition coefficient (Wildman–Crippen LogP) is 0.614. The smallest absolute Gasteiger partial charge is 0.0963 e. The van der Waals surface area contributed by atoms with Crippen LogP contribution in [0.15, 0.2) is 23.3 Å². The Hall–Kier alpha value is -0.600. The Balaban J connectivity index is 2.90. The van der Waals surface area contributed by atoms with E-state index < -0.39 is 12.2 Å². The summed E-state index contributed by atoms with van der Waals surface area (Å²) in [6.07, 6.45) is 2.07. The summed E-state index contributed by atoms with van der Waals surface area (Å²) in [6.45, 7) is 3.77. The van der Waals surface area contributed by atoms with Crippen molar-refractivity contribution < 1.29 is 10.2 Å². The fourth-order valence-corrected chi connectivity index (χ4v) is 1.18. The van der Waals surface area contributed by atoms with E-state index in [0.717, 1.165) is 11.1 Å². The Morgan fingerprint density at radius 2 is 1.60 bits per heavy atom. The van der Waals surface area contributed by atoms with Gasteiger partial charge in [0.1, 0.15) is 0 Å². The fourth-order valence-electron chi connectivity index (χ4n) is 1.18. The van der Waals surface area contributed by atoms with E-state index >= 15 is 0 Å². The van der Waals surface area contributed by atoms with Crippen molar-refractivity contribution in [3.63, 3.8) is 0 Å². The Morgan fingerprint density at radius 3 is 1.80 bits per heavy atom. The summed E-state index contributed by atoms with van der Waals surface area (Å²) in [6, 6.07) is 0. The van der Waals surface area contributed by atoms with Crippen LogP contribution in [0.1, 0.15) is 13.8 Å². The Bertz CT molecular complexity index is 173. The van der Waals surface area contributed by atoms with Crippen LogP contribution in [0.5, 0.6) is 0 Å². The number of aliphatic hydroxyl groups is 2. The van der Waals surface area contributed by atoms with Crippen LogP contribution in [0.2, 0.25) is 0 Å². The maximum atomic E-state index is 9.23. The molecule has 56 valence electrons. The topological polar surface area (TPSA) is 40.5 Å². The van der Waals surface area contributed by atoms with Gasteiger partial charge >= 0.3 is 0 Å². The third-order valence-corrected chi connectivity index (χ3v) is 1.69. The van der Waals surface area contributed by atoms with E-state index in [-0.39, 0.29) is 0 Å². The second kappa shape index (κ2) is 2.56. The molecule has 2 N–H and O–H groups in total. The van der Waals surface area contributed by atoms with Crippen LogP contribution in [0.4, 0.5) is 0 Å². The van der Waals surface area contributed by atoms with Gasteiger partial charge in [0.2, 0.25) is 0 Å². The van der Waals surface area contributed by atoms with Gasteiger partial charge in [-0.3, -0.25) is 0 Å². The molecule has 0 unspecified atom stereocenters. The predicted molar refractivity (Wildman–Crippen MR) is 39.5 cm³/mol. The molecule has 0 spiro atoms. The van der Waals surface area contributed by atoms with Gasteiger partial charge in [-0.25, -0.2) is 0 Å². The molecule has 0 amide bonds. The van der Waals surface area contributed by atoms with Crippen molar-refractivity contribution in [1.82, 2.24) is 0 Å².